The average Bonchev–Trinajstić information content (AvgIpc) is 2.14. The van der Waals surface area contributed by atoms with Gasteiger partial charge in [0.1, 0.15) is 0 Å². The molecule has 0 saturated carbocycles. The summed E-state index contributed by atoms with van der Waals surface area (Å²) >= 11 is 4.73. The number of thiocarbonyl (C=S) groups is 1. The van der Waals surface area contributed by atoms with Crippen molar-refractivity contribution in [1.29, 1.82) is 0 Å². The molecular weight excluding hydrogens is 198 g/mol. The molecule has 82 valence electrons. The molecule has 0 aliphatic heterocycles. The average molecular weight is 217 g/mol. The minimum absolute atomic E-state index is 0.0158. The lowest BCUT2D eigenvalue weighted by Crippen LogP contribution is -2.40. The fourth-order valence-corrected chi connectivity index (χ4v) is 1.22. The number of hydrogen-bond acceptors (Lipinski definition) is 2. The third-order valence-electron chi connectivity index (χ3n) is 1.93. The number of urea groups is 1. The summed E-state index contributed by atoms with van der Waals surface area (Å²) in [5.41, 5.74) is 5.33. The van der Waals surface area contributed by atoms with Gasteiger partial charge in [-0.25, -0.2) is 4.79 Å². The van der Waals surface area contributed by atoms with Gasteiger partial charge in [-0.15, -0.1) is 0 Å². The van der Waals surface area contributed by atoms with Crippen LogP contribution in [0.2, 0.25) is 0 Å². The molecule has 0 atom stereocenters. The molecule has 0 aromatic carbocycles. The van der Waals surface area contributed by atoms with Crippen molar-refractivity contribution in [3.8, 4) is 0 Å². The molecule has 0 rings (SSSR count). The Bertz CT molecular complexity index is 192. The normalized spacial score (nSPS) is 9.57. The third-order valence-corrected chi connectivity index (χ3v) is 2.13. The molecule has 0 aromatic heterocycles. The van der Waals surface area contributed by atoms with Crippen molar-refractivity contribution in [1.82, 2.24) is 10.2 Å². The molecular formula is C9H19N3OS. The predicted molar refractivity (Wildman–Crippen MR) is 62.3 cm³/mol. The molecule has 2 amide bonds. The summed E-state index contributed by atoms with van der Waals surface area (Å²) in [4.78, 5) is 13.6. The van der Waals surface area contributed by atoms with Crippen LogP contribution in [0.4, 0.5) is 4.79 Å². The van der Waals surface area contributed by atoms with Gasteiger partial charge in [-0.2, -0.15) is 0 Å². The quantitative estimate of drug-likeness (QED) is 0.517. The highest BCUT2D eigenvalue weighted by Gasteiger charge is 2.06. The molecule has 0 bridgehead atoms. The van der Waals surface area contributed by atoms with Crippen molar-refractivity contribution in [3.63, 3.8) is 0 Å². The molecule has 0 aliphatic rings. The number of nitrogens with one attached hydrogen (secondary N) is 1. The van der Waals surface area contributed by atoms with Crippen LogP contribution in [0.15, 0.2) is 0 Å². The Balaban J connectivity index is 3.57. The standard InChI is InChI=1S/C9H19N3OS/c1-3-12(4-2)9(13)11-7-5-6-8(10)14/h3-7H2,1-2H3,(H2,10,14)(H,11,13). The first-order valence-electron chi connectivity index (χ1n) is 4.92. The lowest BCUT2D eigenvalue weighted by Gasteiger charge is -2.18. The van der Waals surface area contributed by atoms with E-state index in [0.717, 1.165) is 19.5 Å². The molecule has 0 spiro atoms. The van der Waals surface area contributed by atoms with E-state index in [-0.39, 0.29) is 6.03 Å². The number of amides is 2. The van der Waals surface area contributed by atoms with E-state index in [1.54, 1.807) is 4.90 Å². The van der Waals surface area contributed by atoms with Crippen LogP contribution in [0.5, 0.6) is 0 Å². The van der Waals surface area contributed by atoms with E-state index in [0.29, 0.717) is 18.0 Å². The zero-order valence-electron chi connectivity index (χ0n) is 8.88. The van der Waals surface area contributed by atoms with Gasteiger partial charge in [0, 0.05) is 19.6 Å². The van der Waals surface area contributed by atoms with E-state index in [4.69, 9.17) is 18.0 Å². The van der Waals surface area contributed by atoms with Crippen LogP contribution in [0.25, 0.3) is 0 Å². The summed E-state index contributed by atoms with van der Waals surface area (Å²) in [5, 5.41) is 2.81. The maximum absolute atomic E-state index is 11.4. The maximum atomic E-state index is 11.4. The zero-order chi connectivity index (χ0) is 11.0. The van der Waals surface area contributed by atoms with Crippen LogP contribution in [0.3, 0.4) is 0 Å². The van der Waals surface area contributed by atoms with Crippen molar-refractivity contribution in [2.24, 2.45) is 5.73 Å². The summed E-state index contributed by atoms with van der Waals surface area (Å²) in [5.74, 6) is 0. The van der Waals surface area contributed by atoms with Crippen LogP contribution in [-0.4, -0.2) is 35.6 Å². The molecule has 14 heavy (non-hydrogen) atoms. The van der Waals surface area contributed by atoms with Crippen molar-refractivity contribution in [2.45, 2.75) is 26.7 Å². The van der Waals surface area contributed by atoms with E-state index >= 15 is 0 Å². The number of nitrogens with zero attached hydrogens (tertiary/aromatic N) is 1. The second-order valence-corrected chi connectivity index (χ2v) is 3.50. The Morgan fingerprint density at radius 2 is 2.00 bits per heavy atom. The van der Waals surface area contributed by atoms with Gasteiger partial charge in [-0.3, -0.25) is 0 Å². The third kappa shape index (κ3) is 5.75. The topological polar surface area (TPSA) is 58.4 Å². The summed E-state index contributed by atoms with van der Waals surface area (Å²) in [7, 11) is 0. The number of rotatable bonds is 6. The van der Waals surface area contributed by atoms with Gasteiger partial charge in [-0.1, -0.05) is 12.2 Å². The van der Waals surface area contributed by atoms with Gasteiger partial charge in [0.15, 0.2) is 0 Å². The summed E-state index contributed by atoms with van der Waals surface area (Å²) in [6.45, 7) is 6.01. The first kappa shape index (κ1) is 13.2. The molecule has 0 saturated heterocycles. The molecule has 3 N–H and O–H groups in total. The highest BCUT2D eigenvalue weighted by molar-refractivity contribution is 7.80. The van der Waals surface area contributed by atoms with Crippen LogP contribution in [0.1, 0.15) is 26.7 Å². The van der Waals surface area contributed by atoms with Crippen molar-refractivity contribution in [3.05, 3.63) is 0 Å². The lowest BCUT2D eigenvalue weighted by molar-refractivity contribution is 0.203. The predicted octanol–water partition coefficient (Wildman–Crippen LogP) is 1.10. The minimum atomic E-state index is -0.0158. The smallest absolute Gasteiger partial charge is 0.317 e. The van der Waals surface area contributed by atoms with Gasteiger partial charge >= 0.3 is 6.03 Å². The van der Waals surface area contributed by atoms with Gasteiger partial charge in [0.25, 0.3) is 0 Å². The number of nitrogens with two attached hydrogens (primary N) is 1. The van der Waals surface area contributed by atoms with Gasteiger partial charge < -0.3 is 16.0 Å². The summed E-state index contributed by atoms with van der Waals surface area (Å²) in [6.07, 6.45) is 1.50. The first-order valence-corrected chi connectivity index (χ1v) is 5.33. The SMILES string of the molecule is CCN(CC)C(=O)NCCCC(N)=S. The Morgan fingerprint density at radius 3 is 2.43 bits per heavy atom. The Labute approximate surface area is 90.8 Å². The molecule has 0 aliphatic carbocycles. The largest absolute Gasteiger partial charge is 0.393 e. The molecule has 0 aromatic rings. The Morgan fingerprint density at radius 1 is 1.43 bits per heavy atom. The number of hydrogen-bond donors (Lipinski definition) is 2. The molecule has 5 heteroatoms. The second kappa shape index (κ2) is 7.55. The summed E-state index contributed by atoms with van der Waals surface area (Å²) in [6, 6.07) is -0.0158. The molecule has 0 unspecified atom stereocenters. The van der Waals surface area contributed by atoms with Gasteiger partial charge in [-0.05, 0) is 26.7 Å². The van der Waals surface area contributed by atoms with Crippen LogP contribution in [-0.2, 0) is 0 Å². The van der Waals surface area contributed by atoms with Gasteiger partial charge in [0.2, 0.25) is 0 Å². The molecule has 0 heterocycles. The Hall–Kier alpha value is -0.840. The molecule has 0 radical (unpaired) electrons. The van der Waals surface area contributed by atoms with E-state index in [1.807, 2.05) is 13.8 Å². The van der Waals surface area contributed by atoms with Gasteiger partial charge in [0.05, 0.1) is 4.99 Å². The van der Waals surface area contributed by atoms with Crippen molar-refractivity contribution >= 4 is 23.2 Å². The number of carbonyl (C=O) groups excluding carboxylic acids is 1. The van der Waals surface area contributed by atoms with Crippen LogP contribution < -0.4 is 11.1 Å². The maximum Gasteiger partial charge on any atom is 0.317 e. The second-order valence-electron chi connectivity index (χ2n) is 2.97. The molecule has 0 fully saturated rings. The lowest BCUT2D eigenvalue weighted by atomic mass is 10.3. The van der Waals surface area contributed by atoms with Crippen molar-refractivity contribution in [2.75, 3.05) is 19.6 Å². The Kier molecular flexibility index (Phi) is 7.10. The fraction of sp³-hybridized carbons (Fsp3) is 0.778. The van der Waals surface area contributed by atoms with E-state index in [1.165, 1.54) is 0 Å². The highest BCUT2D eigenvalue weighted by atomic mass is 32.1. The number of carbonyl (C=O) groups is 1. The van der Waals surface area contributed by atoms with E-state index < -0.39 is 0 Å². The van der Waals surface area contributed by atoms with Crippen molar-refractivity contribution < 1.29 is 4.79 Å². The van der Waals surface area contributed by atoms with E-state index in [2.05, 4.69) is 5.32 Å². The van der Waals surface area contributed by atoms with Crippen LogP contribution in [0, 0.1) is 0 Å². The van der Waals surface area contributed by atoms with Crippen LogP contribution >= 0.6 is 12.2 Å². The summed E-state index contributed by atoms with van der Waals surface area (Å²) < 4.78 is 0. The zero-order valence-corrected chi connectivity index (χ0v) is 9.69. The molecule has 4 nitrogen and oxygen atoms in total. The fourth-order valence-electron chi connectivity index (χ4n) is 1.08. The first-order chi connectivity index (χ1) is 6.61. The minimum Gasteiger partial charge on any atom is -0.393 e. The van der Waals surface area contributed by atoms with E-state index in [9.17, 15) is 4.79 Å². The highest BCUT2D eigenvalue weighted by Crippen LogP contribution is 1.90. The monoisotopic (exact) mass is 217 g/mol.